The van der Waals surface area contributed by atoms with Crippen molar-refractivity contribution in [1.29, 1.82) is 5.26 Å². The Balaban J connectivity index is 2.84. The molecule has 1 aromatic carbocycles. The van der Waals surface area contributed by atoms with Crippen molar-refractivity contribution in [2.75, 3.05) is 0 Å². The maximum Gasteiger partial charge on any atom is 0.141 e. The summed E-state index contributed by atoms with van der Waals surface area (Å²) in [5.74, 6) is 0. The van der Waals surface area contributed by atoms with E-state index in [0.717, 1.165) is 15.4 Å². The van der Waals surface area contributed by atoms with Crippen LogP contribution in [-0.2, 0) is 0 Å². The Morgan fingerprint density at radius 3 is 2.86 bits per heavy atom. The first kappa shape index (κ1) is 9.17. The second kappa shape index (κ2) is 3.39. The highest BCUT2D eigenvalue weighted by Crippen LogP contribution is 2.24. The molecule has 0 aliphatic rings. The first-order valence-electron chi connectivity index (χ1n) is 4.18. The molecule has 1 aromatic heterocycles. The van der Waals surface area contributed by atoms with Gasteiger partial charge in [0.2, 0.25) is 0 Å². The van der Waals surface area contributed by atoms with Crippen molar-refractivity contribution in [3.05, 3.63) is 40.0 Å². The van der Waals surface area contributed by atoms with Gasteiger partial charge in [0.15, 0.2) is 0 Å². The molecule has 2 aromatic rings. The van der Waals surface area contributed by atoms with Gasteiger partial charge in [0.25, 0.3) is 0 Å². The number of benzene rings is 1. The van der Waals surface area contributed by atoms with Crippen LogP contribution in [0.2, 0.25) is 0 Å². The molecule has 0 radical (unpaired) electrons. The molecule has 0 aliphatic heterocycles. The SMILES string of the molecule is Cc1cc(Br)c2nc(C#N)ccc2c1. The van der Waals surface area contributed by atoms with Crippen LogP contribution in [0.5, 0.6) is 0 Å². The number of pyridine rings is 1. The fraction of sp³-hybridized carbons (Fsp3) is 0.0909. The van der Waals surface area contributed by atoms with Gasteiger partial charge in [-0.25, -0.2) is 4.98 Å². The van der Waals surface area contributed by atoms with Crippen molar-refractivity contribution in [3.8, 4) is 6.07 Å². The van der Waals surface area contributed by atoms with Gasteiger partial charge in [-0.3, -0.25) is 0 Å². The quantitative estimate of drug-likeness (QED) is 0.716. The number of aryl methyl sites for hydroxylation is 1. The average molecular weight is 247 g/mol. The van der Waals surface area contributed by atoms with E-state index in [1.807, 2.05) is 31.2 Å². The molecule has 0 spiro atoms. The number of nitriles is 1. The van der Waals surface area contributed by atoms with Gasteiger partial charge in [-0.2, -0.15) is 5.26 Å². The van der Waals surface area contributed by atoms with Gasteiger partial charge >= 0.3 is 0 Å². The molecule has 1 heterocycles. The van der Waals surface area contributed by atoms with Crippen LogP contribution in [-0.4, -0.2) is 4.98 Å². The Morgan fingerprint density at radius 1 is 1.36 bits per heavy atom. The zero-order valence-electron chi connectivity index (χ0n) is 7.58. The number of nitrogens with zero attached hydrogens (tertiary/aromatic N) is 2. The standard InChI is InChI=1S/C11H7BrN2/c1-7-4-8-2-3-9(6-13)14-11(8)10(12)5-7/h2-5H,1H3. The Hall–Kier alpha value is -1.40. The second-order valence-electron chi connectivity index (χ2n) is 3.13. The molecule has 68 valence electrons. The first-order chi connectivity index (χ1) is 6.70. The summed E-state index contributed by atoms with van der Waals surface area (Å²) in [6, 6.07) is 9.72. The van der Waals surface area contributed by atoms with Crippen molar-refractivity contribution in [2.24, 2.45) is 0 Å². The Labute approximate surface area is 90.3 Å². The molecule has 0 N–H and O–H groups in total. The van der Waals surface area contributed by atoms with E-state index < -0.39 is 0 Å². The molecule has 0 bridgehead atoms. The van der Waals surface area contributed by atoms with E-state index in [9.17, 15) is 0 Å². The zero-order chi connectivity index (χ0) is 10.1. The molecular formula is C11H7BrN2. The van der Waals surface area contributed by atoms with Crippen LogP contribution in [0.1, 0.15) is 11.3 Å². The van der Waals surface area contributed by atoms with Crippen molar-refractivity contribution < 1.29 is 0 Å². The molecule has 0 fully saturated rings. The van der Waals surface area contributed by atoms with Gasteiger partial charge in [-0.15, -0.1) is 0 Å². The summed E-state index contributed by atoms with van der Waals surface area (Å²) in [5.41, 5.74) is 2.47. The second-order valence-corrected chi connectivity index (χ2v) is 3.98. The highest BCUT2D eigenvalue weighted by molar-refractivity contribution is 9.10. The third-order valence-corrected chi connectivity index (χ3v) is 2.61. The van der Waals surface area contributed by atoms with Gasteiger partial charge in [-0.05, 0) is 52.7 Å². The normalized spacial score (nSPS) is 10.1. The van der Waals surface area contributed by atoms with E-state index in [2.05, 4.69) is 20.9 Å². The molecule has 2 nitrogen and oxygen atoms in total. The molecule has 0 saturated heterocycles. The van der Waals surface area contributed by atoms with Crippen LogP contribution in [0.3, 0.4) is 0 Å². The zero-order valence-corrected chi connectivity index (χ0v) is 9.17. The number of hydrogen-bond acceptors (Lipinski definition) is 2. The topological polar surface area (TPSA) is 36.7 Å². The summed E-state index contributed by atoms with van der Waals surface area (Å²) in [6.45, 7) is 2.03. The van der Waals surface area contributed by atoms with E-state index >= 15 is 0 Å². The number of hydrogen-bond donors (Lipinski definition) is 0. The molecule has 0 saturated carbocycles. The van der Waals surface area contributed by atoms with E-state index in [1.54, 1.807) is 6.07 Å². The van der Waals surface area contributed by atoms with Crippen LogP contribution in [0.15, 0.2) is 28.7 Å². The first-order valence-corrected chi connectivity index (χ1v) is 4.97. The Morgan fingerprint density at radius 2 is 2.14 bits per heavy atom. The minimum absolute atomic E-state index is 0.446. The van der Waals surface area contributed by atoms with Gasteiger partial charge in [-0.1, -0.05) is 0 Å². The molecule has 0 unspecified atom stereocenters. The molecule has 0 amide bonds. The summed E-state index contributed by atoms with van der Waals surface area (Å²) in [5, 5.41) is 9.77. The number of fused-ring (bicyclic) bond motifs is 1. The van der Waals surface area contributed by atoms with Gasteiger partial charge < -0.3 is 0 Å². The predicted molar refractivity (Wildman–Crippen MR) is 58.9 cm³/mol. The van der Waals surface area contributed by atoms with E-state index in [-0.39, 0.29) is 0 Å². The van der Waals surface area contributed by atoms with E-state index in [1.165, 1.54) is 5.56 Å². The summed E-state index contributed by atoms with van der Waals surface area (Å²) in [7, 11) is 0. The van der Waals surface area contributed by atoms with Crippen LogP contribution in [0.4, 0.5) is 0 Å². The van der Waals surface area contributed by atoms with Crippen LogP contribution in [0.25, 0.3) is 10.9 Å². The summed E-state index contributed by atoms with van der Waals surface area (Å²) in [6.07, 6.45) is 0. The van der Waals surface area contributed by atoms with Gasteiger partial charge in [0.05, 0.1) is 5.52 Å². The van der Waals surface area contributed by atoms with Gasteiger partial charge in [0, 0.05) is 9.86 Å². The summed E-state index contributed by atoms with van der Waals surface area (Å²) < 4.78 is 0.935. The van der Waals surface area contributed by atoms with Crippen LogP contribution < -0.4 is 0 Å². The lowest BCUT2D eigenvalue weighted by Gasteiger charge is -2.01. The lowest BCUT2D eigenvalue weighted by atomic mass is 10.1. The average Bonchev–Trinajstić information content (AvgIpc) is 2.17. The molecular weight excluding hydrogens is 240 g/mol. The summed E-state index contributed by atoms with van der Waals surface area (Å²) in [4.78, 5) is 4.23. The van der Waals surface area contributed by atoms with Crippen molar-refractivity contribution in [2.45, 2.75) is 6.92 Å². The fourth-order valence-corrected chi connectivity index (χ4v) is 2.07. The van der Waals surface area contributed by atoms with Crippen molar-refractivity contribution >= 4 is 26.8 Å². The van der Waals surface area contributed by atoms with E-state index in [0.29, 0.717) is 5.69 Å². The van der Waals surface area contributed by atoms with Crippen LogP contribution >= 0.6 is 15.9 Å². The third kappa shape index (κ3) is 1.49. The maximum atomic E-state index is 8.71. The number of aromatic nitrogens is 1. The Bertz CT molecular complexity index is 541. The molecule has 2 rings (SSSR count). The fourth-order valence-electron chi connectivity index (χ4n) is 1.40. The maximum absolute atomic E-state index is 8.71. The smallest absolute Gasteiger partial charge is 0.141 e. The van der Waals surface area contributed by atoms with Crippen molar-refractivity contribution in [1.82, 2.24) is 4.98 Å². The number of halogens is 1. The monoisotopic (exact) mass is 246 g/mol. The van der Waals surface area contributed by atoms with Crippen LogP contribution in [0, 0.1) is 18.3 Å². The lowest BCUT2D eigenvalue weighted by Crippen LogP contribution is -1.86. The summed E-state index contributed by atoms with van der Waals surface area (Å²) >= 11 is 3.44. The van der Waals surface area contributed by atoms with Gasteiger partial charge in [0.1, 0.15) is 11.8 Å². The molecule has 3 heteroatoms. The third-order valence-electron chi connectivity index (χ3n) is 2.00. The molecule has 0 aliphatic carbocycles. The minimum atomic E-state index is 0.446. The highest BCUT2D eigenvalue weighted by Gasteiger charge is 2.02. The molecule has 14 heavy (non-hydrogen) atoms. The lowest BCUT2D eigenvalue weighted by molar-refractivity contribution is 1.31. The predicted octanol–water partition coefficient (Wildman–Crippen LogP) is 3.18. The highest BCUT2D eigenvalue weighted by atomic mass is 79.9. The largest absolute Gasteiger partial charge is 0.236 e. The Kier molecular flexibility index (Phi) is 2.22. The number of rotatable bonds is 0. The minimum Gasteiger partial charge on any atom is -0.236 e. The van der Waals surface area contributed by atoms with Crippen molar-refractivity contribution in [3.63, 3.8) is 0 Å². The molecule has 0 atom stereocenters. The van der Waals surface area contributed by atoms with E-state index in [4.69, 9.17) is 5.26 Å².